The molecule has 2 heterocycles. The summed E-state index contributed by atoms with van der Waals surface area (Å²) < 4.78 is 0.679. The van der Waals surface area contributed by atoms with Crippen LogP contribution >= 0.6 is 27.5 Å². The van der Waals surface area contributed by atoms with E-state index in [9.17, 15) is 19.5 Å². The fraction of sp³-hybridized carbons (Fsp3) is 0.182. The maximum Gasteiger partial charge on any atom is 0.246 e. The zero-order valence-corrected chi connectivity index (χ0v) is 31.1. The van der Waals surface area contributed by atoms with Crippen molar-refractivity contribution in [1.29, 1.82) is 0 Å². The molecular formula is C44H33BrClN3O5. The number of benzene rings is 5. The Hall–Kier alpha value is -5.51. The molecule has 0 radical (unpaired) electrons. The van der Waals surface area contributed by atoms with E-state index in [-0.39, 0.29) is 30.4 Å². The molecule has 4 aliphatic rings. The minimum absolute atomic E-state index is 0.0398. The highest BCUT2D eigenvalue weighted by atomic mass is 79.9. The maximum atomic E-state index is 15.4. The molecule has 6 atom stereocenters. The zero-order chi connectivity index (χ0) is 37.3. The van der Waals surface area contributed by atoms with Gasteiger partial charge in [0.25, 0.3) is 0 Å². The number of halogens is 2. The van der Waals surface area contributed by atoms with Gasteiger partial charge in [-0.1, -0.05) is 93.8 Å². The van der Waals surface area contributed by atoms with Crippen LogP contribution in [0.4, 0.5) is 22.7 Å². The normalized spacial score (nSPS) is 26.0. The molecule has 0 bridgehead atoms. The summed E-state index contributed by atoms with van der Waals surface area (Å²) in [7, 11) is 0. The highest BCUT2D eigenvalue weighted by Gasteiger charge is 2.70. The maximum absolute atomic E-state index is 15.4. The second-order valence-corrected chi connectivity index (χ2v) is 15.7. The first-order valence-electron chi connectivity index (χ1n) is 17.9. The SMILES string of the molecule is O=C1[C@H]2[C@H](CC=C3[C@H]2C[C@H]2C(=O)N(c4cccc(Cl)c4)C(=O)[C@@]2(c2ccccc2)[C@H]3c2cc(Br)ccc2O)C(=O)N1c1ccc(Nc2ccccc2)cc1. The molecular weight excluding hydrogens is 766 g/mol. The molecule has 9 rings (SSSR count). The average molecular weight is 799 g/mol. The van der Waals surface area contributed by atoms with Crippen molar-refractivity contribution in [3.63, 3.8) is 0 Å². The molecule has 4 amide bonds. The highest BCUT2D eigenvalue weighted by Crippen LogP contribution is 2.65. The standard InChI is InChI=1S/C44H33BrClN3O5/c45-26-14-21-37(50)35(22-26)39-32-19-20-33-38(42(53)48(40(33)51)30-17-15-29(16-18-30)47-28-11-5-2-6-12-28)34(32)24-36-41(52)49(31-13-7-10-27(46)23-31)43(54)44(36,39)25-8-3-1-4-9-25/h1-19,21-23,33-34,36,38-39,47,50H,20,24H2/t33-,34+,36-,38-,39+,44+/m0/s1. The van der Waals surface area contributed by atoms with Gasteiger partial charge in [0.15, 0.2) is 0 Å². The summed E-state index contributed by atoms with van der Waals surface area (Å²) in [5.74, 6) is -5.28. The number of allylic oxidation sites excluding steroid dienone is 2. The van der Waals surface area contributed by atoms with E-state index in [1.54, 1.807) is 54.6 Å². The summed E-state index contributed by atoms with van der Waals surface area (Å²) in [6, 6.07) is 37.9. The predicted molar refractivity (Wildman–Crippen MR) is 211 cm³/mol. The number of anilines is 4. The van der Waals surface area contributed by atoms with E-state index in [0.717, 1.165) is 16.9 Å². The summed E-state index contributed by atoms with van der Waals surface area (Å²) in [5, 5.41) is 15.3. The number of phenols is 1. The van der Waals surface area contributed by atoms with Crippen molar-refractivity contribution in [1.82, 2.24) is 0 Å². The number of carbonyl (C=O) groups excluding carboxylic acids is 4. The van der Waals surface area contributed by atoms with Crippen molar-refractivity contribution in [2.75, 3.05) is 15.1 Å². The van der Waals surface area contributed by atoms with Crippen molar-refractivity contribution in [3.8, 4) is 5.75 Å². The number of amides is 4. The molecule has 5 aromatic rings. The lowest BCUT2D eigenvalue weighted by molar-refractivity contribution is -0.127. The van der Waals surface area contributed by atoms with Gasteiger partial charge in [0.1, 0.15) is 5.75 Å². The monoisotopic (exact) mass is 797 g/mol. The third-order valence-electron chi connectivity index (χ3n) is 11.7. The van der Waals surface area contributed by atoms with Gasteiger partial charge in [-0.2, -0.15) is 0 Å². The van der Waals surface area contributed by atoms with Gasteiger partial charge >= 0.3 is 0 Å². The molecule has 54 heavy (non-hydrogen) atoms. The van der Waals surface area contributed by atoms with Crippen molar-refractivity contribution in [2.24, 2.45) is 23.7 Å². The molecule has 0 aromatic heterocycles. The Kier molecular flexibility index (Phi) is 8.32. The first kappa shape index (κ1) is 34.3. The van der Waals surface area contributed by atoms with E-state index >= 15 is 4.79 Å². The largest absolute Gasteiger partial charge is 0.508 e. The molecule has 1 saturated carbocycles. The lowest BCUT2D eigenvalue weighted by Gasteiger charge is -2.50. The number of fused-ring (bicyclic) bond motifs is 4. The van der Waals surface area contributed by atoms with E-state index in [1.807, 2.05) is 78.9 Å². The van der Waals surface area contributed by atoms with Gasteiger partial charge in [-0.05, 0) is 97.1 Å². The summed E-state index contributed by atoms with van der Waals surface area (Å²) in [4.78, 5) is 61.7. The number of hydrogen-bond acceptors (Lipinski definition) is 6. The number of aromatic hydroxyl groups is 1. The molecule has 0 unspecified atom stereocenters. The lowest BCUT2D eigenvalue weighted by atomic mass is 9.49. The van der Waals surface area contributed by atoms with Gasteiger partial charge in [-0.25, -0.2) is 4.90 Å². The third-order valence-corrected chi connectivity index (χ3v) is 12.4. The van der Waals surface area contributed by atoms with Crippen LogP contribution in [0.5, 0.6) is 5.75 Å². The quantitative estimate of drug-likeness (QED) is 0.131. The number of carbonyl (C=O) groups is 4. The molecule has 5 aromatic carbocycles. The van der Waals surface area contributed by atoms with Crippen LogP contribution in [-0.4, -0.2) is 28.7 Å². The molecule has 2 saturated heterocycles. The lowest BCUT2D eigenvalue weighted by Crippen LogP contribution is -2.53. The predicted octanol–water partition coefficient (Wildman–Crippen LogP) is 8.92. The van der Waals surface area contributed by atoms with Crippen LogP contribution in [-0.2, 0) is 24.6 Å². The fourth-order valence-corrected chi connectivity index (χ4v) is 10.0. The van der Waals surface area contributed by atoms with Gasteiger partial charge in [0.05, 0.1) is 34.5 Å². The summed E-state index contributed by atoms with van der Waals surface area (Å²) in [6.07, 6.45) is 2.41. The van der Waals surface area contributed by atoms with Gasteiger partial charge in [-0.15, -0.1) is 0 Å². The van der Waals surface area contributed by atoms with Crippen molar-refractivity contribution < 1.29 is 24.3 Å². The Morgan fingerprint density at radius 2 is 1.41 bits per heavy atom. The highest BCUT2D eigenvalue weighted by molar-refractivity contribution is 9.10. The number of nitrogens with one attached hydrogen (secondary N) is 1. The van der Waals surface area contributed by atoms with Crippen molar-refractivity contribution in [2.45, 2.75) is 24.2 Å². The Morgan fingerprint density at radius 3 is 2.13 bits per heavy atom. The molecule has 10 heteroatoms. The molecule has 3 fully saturated rings. The number of rotatable bonds is 6. The van der Waals surface area contributed by atoms with Crippen LogP contribution in [0.3, 0.4) is 0 Å². The summed E-state index contributed by atoms with van der Waals surface area (Å²) in [5.41, 5.74) is 2.89. The number of hydrogen-bond donors (Lipinski definition) is 2. The van der Waals surface area contributed by atoms with Crippen LogP contribution in [0.1, 0.15) is 29.9 Å². The van der Waals surface area contributed by atoms with Crippen LogP contribution in [0.15, 0.2) is 144 Å². The van der Waals surface area contributed by atoms with E-state index in [0.29, 0.717) is 32.0 Å². The van der Waals surface area contributed by atoms with Crippen LogP contribution in [0.25, 0.3) is 0 Å². The molecule has 8 nitrogen and oxygen atoms in total. The second-order valence-electron chi connectivity index (χ2n) is 14.3. The van der Waals surface area contributed by atoms with Gasteiger partial charge in [0, 0.05) is 32.4 Å². The topological polar surface area (TPSA) is 107 Å². The average Bonchev–Trinajstić information content (AvgIpc) is 3.57. The molecule has 268 valence electrons. The van der Waals surface area contributed by atoms with E-state index < -0.39 is 46.8 Å². The Morgan fingerprint density at radius 1 is 0.704 bits per heavy atom. The van der Waals surface area contributed by atoms with Crippen LogP contribution in [0.2, 0.25) is 5.02 Å². The van der Waals surface area contributed by atoms with Gasteiger partial charge in [-0.3, -0.25) is 24.1 Å². The van der Waals surface area contributed by atoms with E-state index in [4.69, 9.17) is 11.6 Å². The van der Waals surface area contributed by atoms with Crippen LogP contribution < -0.4 is 15.1 Å². The summed E-state index contributed by atoms with van der Waals surface area (Å²) >= 11 is 9.99. The summed E-state index contributed by atoms with van der Waals surface area (Å²) in [6.45, 7) is 0. The van der Waals surface area contributed by atoms with Crippen molar-refractivity contribution >= 4 is 73.9 Å². The first-order valence-corrected chi connectivity index (χ1v) is 19.0. The number of nitrogens with zero attached hydrogens (tertiary/aromatic N) is 2. The second kappa shape index (κ2) is 13.1. The Balaban J connectivity index is 1.17. The Bertz CT molecular complexity index is 2390. The molecule has 0 spiro atoms. The molecule has 2 N–H and O–H groups in total. The molecule has 2 aliphatic heterocycles. The van der Waals surface area contributed by atoms with Gasteiger partial charge < -0.3 is 10.4 Å². The Labute approximate surface area is 325 Å². The van der Waals surface area contributed by atoms with Gasteiger partial charge in [0.2, 0.25) is 23.6 Å². The third kappa shape index (κ3) is 5.16. The first-order chi connectivity index (χ1) is 26.2. The number of imide groups is 2. The van der Waals surface area contributed by atoms with Crippen LogP contribution in [0, 0.1) is 23.7 Å². The molecule has 2 aliphatic carbocycles. The number of para-hydroxylation sites is 1. The fourth-order valence-electron chi connectivity index (χ4n) is 9.48. The van der Waals surface area contributed by atoms with E-state index in [2.05, 4.69) is 21.2 Å². The zero-order valence-electron chi connectivity index (χ0n) is 28.7. The van der Waals surface area contributed by atoms with Crippen molar-refractivity contribution in [3.05, 3.63) is 160 Å². The van der Waals surface area contributed by atoms with E-state index in [1.165, 1.54) is 9.80 Å². The minimum Gasteiger partial charge on any atom is -0.508 e. The number of phenolic OH excluding ortho intramolecular Hbond substituents is 1. The minimum atomic E-state index is -1.49. The smallest absolute Gasteiger partial charge is 0.246 e.